The second kappa shape index (κ2) is 8.20. The molecular weight excluding hydrogens is 344 g/mol. The molecular formula is C21H26N2O4. The zero-order valence-corrected chi connectivity index (χ0v) is 16.6. The van der Waals surface area contributed by atoms with Crippen LogP contribution in [0.2, 0.25) is 0 Å². The van der Waals surface area contributed by atoms with Gasteiger partial charge in [0, 0.05) is 17.2 Å². The first-order chi connectivity index (χ1) is 12.7. The molecule has 0 saturated heterocycles. The Morgan fingerprint density at radius 1 is 1.15 bits per heavy atom. The van der Waals surface area contributed by atoms with Crippen molar-refractivity contribution in [3.8, 4) is 5.75 Å². The standard InChI is InChI=1S/C21H26N2O4/c1-12(2)17-11-18(13(3)10-20(17)27-6)15(5)22-21(24)16-8-7-9-19(14(16)4)23(25)26/h7-12,15H,1-6H3,(H,22,24). The van der Waals surface area contributed by atoms with Gasteiger partial charge in [-0.1, -0.05) is 19.9 Å². The van der Waals surface area contributed by atoms with Crippen LogP contribution in [-0.2, 0) is 0 Å². The van der Waals surface area contributed by atoms with E-state index >= 15 is 0 Å². The monoisotopic (exact) mass is 370 g/mol. The Balaban J connectivity index is 2.34. The zero-order valence-electron chi connectivity index (χ0n) is 16.6. The molecule has 0 radical (unpaired) electrons. The van der Waals surface area contributed by atoms with Gasteiger partial charge in [0.05, 0.1) is 18.1 Å². The molecule has 1 N–H and O–H groups in total. The molecule has 1 unspecified atom stereocenters. The third kappa shape index (κ3) is 4.27. The van der Waals surface area contributed by atoms with Gasteiger partial charge in [-0.2, -0.15) is 0 Å². The van der Waals surface area contributed by atoms with E-state index in [4.69, 9.17) is 4.74 Å². The Kier molecular flexibility index (Phi) is 6.20. The number of ether oxygens (including phenoxy) is 1. The van der Waals surface area contributed by atoms with E-state index in [-0.39, 0.29) is 23.6 Å². The number of aryl methyl sites for hydroxylation is 1. The number of methoxy groups -OCH3 is 1. The predicted octanol–water partition coefficient (Wildman–Crippen LogP) is 4.83. The van der Waals surface area contributed by atoms with Crippen molar-refractivity contribution in [3.05, 3.63) is 68.3 Å². The van der Waals surface area contributed by atoms with Gasteiger partial charge < -0.3 is 10.1 Å². The molecule has 0 fully saturated rings. The number of amides is 1. The second-order valence-corrected chi connectivity index (χ2v) is 7.01. The number of nitrogens with zero attached hydrogens (tertiary/aromatic N) is 1. The van der Waals surface area contributed by atoms with Gasteiger partial charge in [0.15, 0.2) is 0 Å². The van der Waals surface area contributed by atoms with Gasteiger partial charge in [0.1, 0.15) is 5.75 Å². The summed E-state index contributed by atoms with van der Waals surface area (Å²) in [6.07, 6.45) is 0. The van der Waals surface area contributed by atoms with Gasteiger partial charge in [-0.15, -0.1) is 0 Å². The Morgan fingerprint density at radius 3 is 2.37 bits per heavy atom. The average Bonchev–Trinajstić information content (AvgIpc) is 2.60. The highest BCUT2D eigenvalue weighted by molar-refractivity contribution is 5.96. The van der Waals surface area contributed by atoms with Gasteiger partial charge >= 0.3 is 0 Å². The number of hydrogen-bond donors (Lipinski definition) is 1. The largest absolute Gasteiger partial charge is 0.496 e. The first-order valence-corrected chi connectivity index (χ1v) is 8.90. The van der Waals surface area contributed by atoms with Gasteiger partial charge in [-0.3, -0.25) is 14.9 Å². The number of carbonyl (C=O) groups excluding carboxylic acids is 1. The Labute approximate surface area is 159 Å². The molecule has 2 aromatic carbocycles. The summed E-state index contributed by atoms with van der Waals surface area (Å²) in [4.78, 5) is 23.4. The van der Waals surface area contributed by atoms with Gasteiger partial charge in [-0.05, 0) is 61.6 Å². The van der Waals surface area contributed by atoms with E-state index in [1.165, 1.54) is 12.1 Å². The zero-order chi connectivity index (χ0) is 20.3. The molecule has 0 spiro atoms. The van der Waals surface area contributed by atoms with Crippen LogP contribution in [-0.4, -0.2) is 17.9 Å². The average molecular weight is 370 g/mol. The summed E-state index contributed by atoms with van der Waals surface area (Å²) >= 11 is 0. The lowest BCUT2D eigenvalue weighted by Crippen LogP contribution is -2.28. The normalized spacial score (nSPS) is 12.0. The highest BCUT2D eigenvalue weighted by Crippen LogP contribution is 2.32. The van der Waals surface area contributed by atoms with E-state index in [2.05, 4.69) is 25.2 Å². The fourth-order valence-electron chi connectivity index (χ4n) is 3.23. The molecule has 6 heteroatoms. The van der Waals surface area contributed by atoms with Crippen LogP contribution in [0.3, 0.4) is 0 Å². The summed E-state index contributed by atoms with van der Waals surface area (Å²) in [5, 5.41) is 14.1. The Hall–Kier alpha value is -2.89. The number of nitro benzene ring substituents is 1. The van der Waals surface area contributed by atoms with Crippen LogP contribution >= 0.6 is 0 Å². The highest BCUT2D eigenvalue weighted by Gasteiger charge is 2.21. The number of nitrogens with one attached hydrogen (secondary N) is 1. The summed E-state index contributed by atoms with van der Waals surface area (Å²) in [6, 6.07) is 8.32. The van der Waals surface area contributed by atoms with Crippen molar-refractivity contribution in [1.82, 2.24) is 5.32 Å². The molecule has 1 atom stereocenters. The molecule has 0 heterocycles. The maximum Gasteiger partial charge on any atom is 0.273 e. The molecule has 2 aromatic rings. The SMILES string of the molecule is COc1cc(C)c(C(C)NC(=O)c2cccc([N+](=O)[O-])c2C)cc1C(C)C. The molecule has 0 aromatic heterocycles. The number of hydrogen-bond acceptors (Lipinski definition) is 4. The summed E-state index contributed by atoms with van der Waals surface area (Å²) in [5.41, 5.74) is 3.70. The predicted molar refractivity (Wildman–Crippen MR) is 106 cm³/mol. The van der Waals surface area contributed by atoms with Crippen LogP contribution in [0.4, 0.5) is 5.69 Å². The quantitative estimate of drug-likeness (QED) is 0.583. The first kappa shape index (κ1) is 20.4. The smallest absolute Gasteiger partial charge is 0.273 e. The molecule has 0 aliphatic carbocycles. The van der Waals surface area contributed by atoms with Crippen molar-refractivity contribution in [2.45, 2.75) is 46.6 Å². The Morgan fingerprint density at radius 2 is 1.81 bits per heavy atom. The highest BCUT2D eigenvalue weighted by atomic mass is 16.6. The fraction of sp³-hybridized carbons (Fsp3) is 0.381. The molecule has 0 aliphatic rings. The number of carbonyl (C=O) groups is 1. The molecule has 27 heavy (non-hydrogen) atoms. The lowest BCUT2D eigenvalue weighted by molar-refractivity contribution is -0.385. The minimum absolute atomic E-state index is 0.0574. The fourth-order valence-corrected chi connectivity index (χ4v) is 3.23. The van der Waals surface area contributed by atoms with Crippen molar-refractivity contribution in [2.75, 3.05) is 7.11 Å². The van der Waals surface area contributed by atoms with Crippen molar-refractivity contribution in [1.29, 1.82) is 0 Å². The molecule has 144 valence electrons. The third-order valence-electron chi connectivity index (χ3n) is 4.80. The van der Waals surface area contributed by atoms with E-state index in [9.17, 15) is 14.9 Å². The first-order valence-electron chi connectivity index (χ1n) is 8.90. The van der Waals surface area contributed by atoms with Crippen LogP contribution in [0.1, 0.15) is 65.3 Å². The molecule has 1 amide bonds. The maximum absolute atomic E-state index is 12.7. The number of nitro groups is 1. The van der Waals surface area contributed by atoms with Crippen molar-refractivity contribution in [2.24, 2.45) is 0 Å². The summed E-state index contributed by atoms with van der Waals surface area (Å²) < 4.78 is 5.47. The molecule has 6 nitrogen and oxygen atoms in total. The third-order valence-corrected chi connectivity index (χ3v) is 4.80. The molecule has 2 rings (SSSR count). The number of benzene rings is 2. The topological polar surface area (TPSA) is 81.5 Å². The van der Waals surface area contributed by atoms with E-state index < -0.39 is 4.92 Å². The lowest BCUT2D eigenvalue weighted by Gasteiger charge is -2.21. The van der Waals surface area contributed by atoms with E-state index in [0.717, 1.165) is 22.4 Å². The van der Waals surface area contributed by atoms with Crippen molar-refractivity contribution >= 4 is 11.6 Å². The van der Waals surface area contributed by atoms with Crippen LogP contribution in [0.15, 0.2) is 30.3 Å². The van der Waals surface area contributed by atoms with Gasteiger partial charge in [0.25, 0.3) is 11.6 Å². The minimum atomic E-state index is -0.474. The minimum Gasteiger partial charge on any atom is -0.496 e. The summed E-state index contributed by atoms with van der Waals surface area (Å²) in [7, 11) is 1.65. The van der Waals surface area contributed by atoms with Gasteiger partial charge in [0.2, 0.25) is 0 Å². The van der Waals surface area contributed by atoms with Gasteiger partial charge in [-0.25, -0.2) is 0 Å². The maximum atomic E-state index is 12.7. The van der Waals surface area contributed by atoms with Crippen LogP contribution < -0.4 is 10.1 Å². The van der Waals surface area contributed by atoms with Crippen LogP contribution in [0.5, 0.6) is 5.75 Å². The second-order valence-electron chi connectivity index (χ2n) is 7.01. The van der Waals surface area contributed by atoms with Crippen molar-refractivity contribution in [3.63, 3.8) is 0 Å². The molecule has 0 aliphatic heterocycles. The summed E-state index contributed by atoms with van der Waals surface area (Å²) in [6.45, 7) is 9.65. The van der Waals surface area contributed by atoms with Crippen LogP contribution in [0, 0.1) is 24.0 Å². The lowest BCUT2D eigenvalue weighted by atomic mass is 9.93. The Bertz CT molecular complexity index is 875. The van der Waals surface area contributed by atoms with E-state index in [1.54, 1.807) is 20.1 Å². The van der Waals surface area contributed by atoms with Crippen molar-refractivity contribution < 1.29 is 14.5 Å². The number of rotatable bonds is 6. The molecule has 0 bridgehead atoms. The van der Waals surface area contributed by atoms with E-state index in [0.29, 0.717) is 11.1 Å². The van der Waals surface area contributed by atoms with E-state index in [1.807, 2.05) is 19.9 Å². The van der Waals surface area contributed by atoms with Crippen LogP contribution in [0.25, 0.3) is 0 Å². The molecule has 0 saturated carbocycles. The summed E-state index contributed by atoms with van der Waals surface area (Å²) in [5.74, 6) is 0.783.